The van der Waals surface area contributed by atoms with Gasteiger partial charge in [-0.3, -0.25) is 20.0 Å². The summed E-state index contributed by atoms with van der Waals surface area (Å²) in [4.78, 5) is 39.1. The normalized spacial score (nSPS) is 15.2. The first kappa shape index (κ1) is 20.5. The Morgan fingerprint density at radius 1 is 1.19 bits per heavy atom. The third kappa shape index (κ3) is 4.25. The Labute approximate surface area is 180 Å². The number of nitrogens with zero attached hydrogens (tertiary/aromatic N) is 5. The molecule has 3 amide bonds. The summed E-state index contributed by atoms with van der Waals surface area (Å²) in [5, 5.41) is 2.70. The molecule has 4 rings (SSSR count). The number of rotatable bonds is 4. The molecule has 1 aliphatic heterocycles. The molecule has 0 aromatic carbocycles. The summed E-state index contributed by atoms with van der Waals surface area (Å²) < 4.78 is 7.82. The molecule has 1 saturated heterocycles. The predicted molar refractivity (Wildman–Crippen MR) is 115 cm³/mol. The Kier molecular flexibility index (Phi) is 5.18. The second-order valence-electron chi connectivity index (χ2n) is 8.20. The summed E-state index contributed by atoms with van der Waals surface area (Å²) in [6.45, 7) is 5.87. The van der Waals surface area contributed by atoms with E-state index >= 15 is 0 Å². The lowest BCUT2D eigenvalue weighted by atomic mass is 9.92. The van der Waals surface area contributed by atoms with E-state index < -0.39 is 11.4 Å². The molecule has 1 fully saturated rings. The van der Waals surface area contributed by atoms with Crippen LogP contribution in [0.25, 0.3) is 11.4 Å². The molecule has 160 valence electrons. The number of anilines is 1. The van der Waals surface area contributed by atoms with E-state index in [0.717, 1.165) is 5.69 Å². The van der Waals surface area contributed by atoms with Crippen LogP contribution < -0.4 is 10.1 Å². The van der Waals surface area contributed by atoms with Gasteiger partial charge in [-0.05, 0) is 31.5 Å². The van der Waals surface area contributed by atoms with Gasteiger partial charge in [0.25, 0.3) is 0 Å². The molecule has 31 heavy (non-hydrogen) atoms. The number of aryl methyl sites for hydroxylation is 2. The van der Waals surface area contributed by atoms with Gasteiger partial charge in [-0.2, -0.15) is 0 Å². The van der Waals surface area contributed by atoms with Crippen molar-refractivity contribution in [3.05, 3.63) is 48.7 Å². The van der Waals surface area contributed by atoms with E-state index in [4.69, 9.17) is 4.74 Å². The van der Waals surface area contributed by atoms with Crippen molar-refractivity contribution in [3.8, 4) is 22.9 Å². The molecule has 4 heterocycles. The van der Waals surface area contributed by atoms with Crippen molar-refractivity contribution in [3.63, 3.8) is 0 Å². The third-order valence-electron chi connectivity index (χ3n) is 5.23. The van der Waals surface area contributed by atoms with Gasteiger partial charge in [0.15, 0.2) is 0 Å². The number of imidazole rings is 1. The Morgan fingerprint density at radius 2 is 2.00 bits per heavy atom. The molecule has 9 heteroatoms. The molecule has 0 saturated carbocycles. The molecular formula is C22H24N6O3. The Balaban J connectivity index is 1.46. The van der Waals surface area contributed by atoms with Crippen LogP contribution in [-0.4, -0.2) is 42.9 Å². The van der Waals surface area contributed by atoms with E-state index in [-0.39, 0.29) is 5.91 Å². The molecule has 1 aliphatic rings. The number of carbonyl (C=O) groups excluding carboxylic acids is 2. The molecule has 0 bridgehead atoms. The van der Waals surface area contributed by atoms with Gasteiger partial charge >= 0.3 is 6.03 Å². The van der Waals surface area contributed by atoms with E-state index in [1.165, 1.54) is 4.90 Å². The molecule has 1 N–H and O–H groups in total. The van der Waals surface area contributed by atoms with Gasteiger partial charge in [0.05, 0.1) is 17.7 Å². The zero-order chi connectivity index (χ0) is 22.2. The highest BCUT2D eigenvalue weighted by atomic mass is 16.5. The van der Waals surface area contributed by atoms with Crippen LogP contribution >= 0.6 is 0 Å². The predicted octanol–water partition coefficient (Wildman–Crippen LogP) is 3.77. The van der Waals surface area contributed by atoms with Crippen molar-refractivity contribution >= 4 is 17.8 Å². The average molecular weight is 420 g/mol. The lowest BCUT2D eigenvalue weighted by Gasteiger charge is -2.18. The molecule has 0 spiro atoms. The fourth-order valence-corrected chi connectivity index (χ4v) is 3.35. The number of amides is 3. The smallest absolute Gasteiger partial charge is 0.329 e. The molecule has 0 atom stereocenters. The van der Waals surface area contributed by atoms with Gasteiger partial charge in [0, 0.05) is 37.5 Å². The van der Waals surface area contributed by atoms with Gasteiger partial charge in [-0.15, -0.1) is 0 Å². The average Bonchev–Trinajstić information content (AvgIpc) is 3.27. The minimum atomic E-state index is -0.517. The third-order valence-corrected chi connectivity index (χ3v) is 5.23. The Morgan fingerprint density at radius 3 is 2.65 bits per heavy atom. The number of pyridine rings is 2. The number of hydrogen-bond donors (Lipinski definition) is 1. The minimum Gasteiger partial charge on any atom is -0.455 e. The number of carbonyl (C=O) groups is 2. The maximum atomic E-state index is 12.5. The van der Waals surface area contributed by atoms with Gasteiger partial charge in [0.2, 0.25) is 5.91 Å². The fourth-order valence-electron chi connectivity index (χ4n) is 3.35. The van der Waals surface area contributed by atoms with Gasteiger partial charge in [0.1, 0.15) is 23.0 Å². The first-order valence-electron chi connectivity index (χ1n) is 9.96. The summed E-state index contributed by atoms with van der Waals surface area (Å²) >= 11 is 0. The van der Waals surface area contributed by atoms with E-state index in [1.807, 2.05) is 31.7 Å². The second-order valence-corrected chi connectivity index (χ2v) is 8.20. The van der Waals surface area contributed by atoms with E-state index in [0.29, 0.717) is 41.7 Å². The van der Waals surface area contributed by atoms with Crippen molar-refractivity contribution < 1.29 is 14.3 Å². The Bertz CT molecular complexity index is 1150. The fraction of sp³-hybridized carbons (Fsp3) is 0.318. The number of aromatic nitrogens is 4. The first-order valence-corrected chi connectivity index (χ1v) is 9.96. The monoisotopic (exact) mass is 420 g/mol. The van der Waals surface area contributed by atoms with E-state index in [2.05, 4.69) is 20.3 Å². The van der Waals surface area contributed by atoms with Crippen LogP contribution in [0.3, 0.4) is 0 Å². The highest BCUT2D eigenvalue weighted by Gasteiger charge is 2.41. The van der Waals surface area contributed by atoms with Crippen molar-refractivity contribution in [2.24, 2.45) is 12.5 Å². The number of imide groups is 1. The van der Waals surface area contributed by atoms with Crippen LogP contribution in [0, 0.1) is 12.3 Å². The number of hydrogen-bond acceptors (Lipinski definition) is 6. The second kappa shape index (κ2) is 7.82. The molecule has 9 nitrogen and oxygen atoms in total. The van der Waals surface area contributed by atoms with Gasteiger partial charge < -0.3 is 9.30 Å². The highest BCUT2D eigenvalue weighted by molar-refractivity contribution is 6.03. The van der Waals surface area contributed by atoms with Crippen molar-refractivity contribution in [2.45, 2.75) is 27.2 Å². The number of nitrogens with one attached hydrogen (secondary N) is 1. The minimum absolute atomic E-state index is 0.178. The number of likely N-dealkylation sites (tertiary alicyclic amines) is 1. The molecular weight excluding hydrogens is 396 g/mol. The summed E-state index contributed by atoms with van der Waals surface area (Å²) in [5.41, 5.74) is 1.53. The Hall–Kier alpha value is -3.75. The van der Waals surface area contributed by atoms with E-state index in [9.17, 15) is 9.59 Å². The lowest BCUT2D eigenvalue weighted by molar-refractivity contribution is -0.131. The van der Waals surface area contributed by atoms with Crippen LogP contribution in [0.1, 0.15) is 26.0 Å². The van der Waals surface area contributed by atoms with Crippen LogP contribution in [0.5, 0.6) is 11.5 Å². The standard InChI is InChI=1S/C22H24N6O3/c1-14-18(31-15-7-9-23-16(11-15)17-12-27(4)13-24-17)5-6-19(25-14)26-21(30)28-10-8-22(2,3)20(28)29/h5-7,9,11-13H,8,10H2,1-4H3,(H,25,26,30). The lowest BCUT2D eigenvalue weighted by Crippen LogP contribution is -2.39. The van der Waals surface area contributed by atoms with Gasteiger partial charge in [-0.25, -0.2) is 14.8 Å². The molecule has 0 unspecified atom stereocenters. The number of ether oxygens (including phenoxy) is 1. The summed E-state index contributed by atoms with van der Waals surface area (Å²) in [5.74, 6) is 1.33. The maximum absolute atomic E-state index is 12.5. The first-order chi connectivity index (χ1) is 14.7. The molecule has 0 aliphatic carbocycles. The zero-order valence-corrected chi connectivity index (χ0v) is 17.9. The van der Waals surface area contributed by atoms with Crippen molar-refractivity contribution in [1.29, 1.82) is 0 Å². The summed E-state index contributed by atoms with van der Waals surface area (Å²) in [6, 6.07) is 6.47. The number of urea groups is 1. The van der Waals surface area contributed by atoms with Crippen LogP contribution in [-0.2, 0) is 11.8 Å². The molecule has 0 radical (unpaired) electrons. The summed E-state index contributed by atoms with van der Waals surface area (Å²) in [6.07, 6.45) is 5.89. The quantitative estimate of drug-likeness (QED) is 0.689. The van der Waals surface area contributed by atoms with Crippen LogP contribution in [0.4, 0.5) is 10.6 Å². The zero-order valence-electron chi connectivity index (χ0n) is 17.9. The van der Waals surface area contributed by atoms with Crippen LogP contribution in [0.15, 0.2) is 43.0 Å². The summed E-state index contributed by atoms with van der Waals surface area (Å²) in [7, 11) is 1.90. The van der Waals surface area contributed by atoms with Gasteiger partial charge in [-0.1, -0.05) is 13.8 Å². The topological polar surface area (TPSA) is 102 Å². The maximum Gasteiger partial charge on any atom is 0.329 e. The largest absolute Gasteiger partial charge is 0.455 e. The highest BCUT2D eigenvalue weighted by Crippen LogP contribution is 2.31. The van der Waals surface area contributed by atoms with Crippen LogP contribution in [0.2, 0.25) is 0 Å². The van der Waals surface area contributed by atoms with E-state index in [1.54, 1.807) is 43.7 Å². The molecule has 3 aromatic heterocycles. The SMILES string of the molecule is Cc1nc(NC(=O)N2CCC(C)(C)C2=O)ccc1Oc1ccnc(-c2cn(C)cn2)c1. The molecule has 3 aromatic rings. The van der Waals surface area contributed by atoms with Crippen molar-refractivity contribution in [2.75, 3.05) is 11.9 Å². The van der Waals surface area contributed by atoms with Crippen molar-refractivity contribution in [1.82, 2.24) is 24.4 Å².